The minimum Gasteiger partial charge on any atom is -0.332 e. The quantitative estimate of drug-likeness (QED) is 0.908. The molecule has 0 aromatic carbocycles. The monoisotopic (exact) mass is 298 g/mol. The third kappa shape index (κ3) is 2.37. The van der Waals surface area contributed by atoms with E-state index in [2.05, 4.69) is 10.3 Å². The van der Waals surface area contributed by atoms with Crippen molar-refractivity contribution in [2.75, 3.05) is 0 Å². The third-order valence-corrected chi connectivity index (χ3v) is 3.90. The second-order valence-corrected chi connectivity index (χ2v) is 5.49. The first-order valence-corrected chi connectivity index (χ1v) is 6.77. The summed E-state index contributed by atoms with van der Waals surface area (Å²) in [6, 6.07) is 1.98. The van der Waals surface area contributed by atoms with Crippen LogP contribution in [0.2, 0.25) is 0 Å². The molecule has 112 valence electrons. The number of halogens is 3. The zero-order valence-electron chi connectivity index (χ0n) is 11.1. The maximum atomic E-state index is 13.0. The van der Waals surface area contributed by atoms with Gasteiger partial charge in [0.15, 0.2) is 0 Å². The molecule has 0 spiro atoms. The molecule has 1 fully saturated rings. The molecule has 0 bridgehead atoms. The van der Waals surface area contributed by atoms with E-state index < -0.39 is 23.4 Å². The Bertz CT molecular complexity index is 637. The van der Waals surface area contributed by atoms with E-state index in [-0.39, 0.29) is 12.2 Å². The molecule has 0 saturated heterocycles. The van der Waals surface area contributed by atoms with E-state index in [0.29, 0.717) is 31.4 Å². The van der Waals surface area contributed by atoms with Crippen LogP contribution in [0.3, 0.4) is 0 Å². The Hall–Kier alpha value is -2.04. The van der Waals surface area contributed by atoms with Crippen LogP contribution in [-0.4, -0.2) is 21.0 Å². The maximum absolute atomic E-state index is 13.0. The van der Waals surface area contributed by atoms with Crippen LogP contribution in [0.25, 0.3) is 0 Å². The van der Waals surface area contributed by atoms with Gasteiger partial charge in [-0.25, -0.2) is 4.98 Å². The van der Waals surface area contributed by atoms with Crippen molar-refractivity contribution in [3.63, 3.8) is 0 Å². The Labute approximate surface area is 118 Å². The van der Waals surface area contributed by atoms with E-state index >= 15 is 0 Å². The minimum atomic E-state index is -4.59. The highest BCUT2D eigenvalue weighted by Crippen LogP contribution is 2.36. The highest BCUT2D eigenvalue weighted by atomic mass is 19.4. The fourth-order valence-electron chi connectivity index (χ4n) is 2.61. The lowest BCUT2D eigenvalue weighted by Gasteiger charge is -2.18. The molecule has 2 heterocycles. The highest BCUT2D eigenvalue weighted by molar-refractivity contribution is 5.94. The second-order valence-electron chi connectivity index (χ2n) is 5.49. The molecule has 21 heavy (non-hydrogen) atoms. The van der Waals surface area contributed by atoms with Gasteiger partial charge in [0.25, 0.3) is 5.91 Å². The Morgan fingerprint density at radius 3 is 2.67 bits per heavy atom. The summed E-state index contributed by atoms with van der Waals surface area (Å²) in [5.41, 5.74) is -0.788. The van der Waals surface area contributed by atoms with Crippen LogP contribution in [-0.2, 0) is 19.1 Å². The second kappa shape index (κ2) is 4.48. The lowest BCUT2D eigenvalue weighted by molar-refractivity contribution is -0.147. The van der Waals surface area contributed by atoms with E-state index in [0.717, 1.165) is 11.0 Å². The van der Waals surface area contributed by atoms with Crippen molar-refractivity contribution in [1.82, 2.24) is 14.9 Å². The van der Waals surface area contributed by atoms with Crippen molar-refractivity contribution in [3.8, 4) is 6.07 Å². The normalized spacial score (nSPS) is 19.5. The number of imidazole rings is 1. The summed E-state index contributed by atoms with van der Waals surface area (Å²) in [5.74, 6) is -1.71. The fraction of sp³-hybridized carbons (Fsp3) is 0.615. The van der Waals surface area contributed by atoms with Crippen LogP contribution in [0, 0.1) is 11.3 Å². The Morgan fingerprint density at radius 1 is 1.38 bits per heavy atom. The van der Waals surface area contributed by atoms with Crippen LogP contribution in [0.15, 0.2) is 0 Å². The summed E-state index contributed by atoms with van der Waals surface area (Å²) < 4.78 is 40.1. The van der Waals surface area contributed by atoms with E-state index in [1.807, 2.05) is 6.07 Å². The molecule has 1 aromatic heterocycles. The van der Waals surface area contributed by atoms with Gasteiger partial charge in [0.2, 0.25) is 5.82 Å². The first-order valence-electron chi connectivity index (χ1n) is 6.77. The number of fused-ring (bicyclic) bond motifs is 1. The standard InChI is InChI=1S/C13H13F3N4O/c14-13(15,16)11-18-9(8-3-1-2-6-20(8)11)10(21)19-12(7-17)4-5-12/h1-6H2,(H,19,21). The maximum Gasteiger partial charge on any atom is 0.449 e. The zero-order chi connectivity index (χ0) is 15.3. The number of alkyl halides is 3. The number of hydrogen-bond donors (Lipinski definition) is 1. The summed E-state index contributed by atoms with van der Waals surface area (Å²) in [4.78, 5) is 15.7. The number of nitriles is 1. The molecule has 5 nitrogen and oxygen atoms in total. The molecule has 0 radical (unpaired) electrons. The topological polar surface area (TPSA) is 70.7 Å². The molecule has 3 rings (SSSR count). The molecule has 1 N–H and O–H groups in total. The van der Waals surface area contributed by atoms with Gasteiger partial charge in [-0.1, -0.05) is 0 Å². The summed E-state index contributed by atoms with van der Waals surface area (Å²) in [6.45, 7) is 0.216. The molecule has 8 heteroatoms. The Morgan fingerprint density at radius 2 is 2.10 bits per heavy atom. The van der Waals surface area contributed by atoms with Gasteiger partial charge < -0.3 is 9.88 Å². The molecule has 1 aromatic rings. The molecule has 2 aliphatic rings. The molecule has 1 aliphatic carbocycles. The summed E-state index contributed by atoms with van der Waals surface area (Å²) in [7, 11) is 0. The van der Waals surface area contributed by atoms with Gasteiger partial charge in [0.05, 0.1) is 11.8 Å². The van der Waals surface area contributed by atoms with E-state index in [1.165, 1.54) is 0 Å². The Kier molecular flexibility index (Phi) is 2.97. The third-order valence-electron chi connectivity index (χ3n) is 3.90. The van der Waals surface area contributed by atoms with Crippen LogP contribution in [0.5, 0.6) is 0 Å². The highest BCUT2D eigenvalue weighted by Gasteiger charge is 2.46. The van der Waals surface area contributed by atoms with E-state index in [9.17, 15) is 18.0 Å². The molecular formula is C13H13F3N4O. The molecule has 0 unspecified atom stereocenters. The predicted molar refractivity (Wildman–Crippen MR) is 65.2 cm³/mol. The van der Waals surface area contributed by atoms with Crippen molar-refractivity contribution < 1.29 is 18.0 Å². The lowest BCUT2D eigenvalue weighted by atomic mass is 10.1. The molecule has 0 atom stereocenters. The molecular weight excluding hydrogens is 285 g/mol. The van der Waals surface area contributed by atoms with Crippen molar-refractivity contribution >= 4 is 5.91 Å². The number of nitrogens with zero attached hydrogens (tertiary/aromatic N) is 3. The number of carbonyl (C=O) groups excluding carboxylic acids is 1. The van der Waals surface area contributed by atoms with Crippen LogP contribution < -0.4 is 5.32 Å². The fourth-order valence-corrected chi connectivity index (χ4v) is 2.61. The van der Waals surface area contributed by atoms with E-state index in [1.54, 1.807) is 0 Å². The molecule has 1 aliphatic heterocycles. The van der Waals surface area contributed by atoms with Crippen molar-refractivity contribution in [3.05, 3.63) is 17.2 Å². The summed E-state index contributed by atoms with van der Waals surface area (Å²) >= 11 is 0. The van der Waals surface area contributed by atoms with Gasteiger partial charge in [-0.15, -0.1) is 0 Å². The number of amides is 1. The average Bonchev–Trinajstić information content (AvgIpc) is 3.08. The lowest BCUT2D eigenvalue weighted by Crippen LogP contribution is -2.36. The van der Waals surface area contributed by atoms with Gasteiger partial charge in [-0.3, -0.25) is 4.79 Å². The number of hydrogen-bond acceptors (Lipinski definition) is 3. The number of aromatic nitrogens is 2. The number of nitrogens with one attached hydrogen (secondary N) is 1. The number of rotatable bonds is 2. The molecule has 1 saturated carbocycles. The van der Waals surface area contributed by atoms with Crippen LogP contribution >= 0.6 is 0 Å². The first-order chi connectivity index (χ1) is 9.86. The van der Waals surface area contributed by atoms with Crippen LogP contribution in [0.1, 0.15) is 47.7 Å². The van der Waals surface area contributed by atoms with Gasteiger partial charge in [-0.05, 0) is 32.1 Å². The number of carbonyl (C=O) groups is 1. The van der Waals surface area contributed by atoms with Gasteiger partial charge >= 0.3 is 6.18 Å². The smallest absolute Gasteiger partial charge is 0.332 e. The Balaban J connectivity index is 1.97. The van der Waals surface area contributed by atoms with Gasteiger partial charge in [0.1, 0.15) is 11.2 Å². The largest absolute Gasteiger partial charge is 0.449 e. The summed E-state index contributed by atoms with van der Waals surface area (Å²) in [5, 5.41) is 11.5. The minimum absolute atomic E-state index is 0.191. The SMILES string of the molecule is N#CC1(NC(=O)c2nc(C(F)(F)F)n3c2CCCC3)CC1. The van der Waals surface area contributed by atoms with Crippen molar-refractivity contribution in [2.45, 2.75) is 50.4 Å². The summed E-state index contributed by atoms with van der Waals surface area (Å²) in [6.07, 6.45) is -1.78. The van der Waals surface area contributed by atoms with Crippen molar-refractivity contribution in [2.24, 2.45) is 0 Å². The zero-order valence-corrected chi connectivity index (χ0v) is 11.1. The van der Waals surface area contributed by atoms with Gasteiger partial charge in [0, 0.05) is 6.54 Å². The molecule has 1 amide bonds. The average molecular weight is 298 g/mol. The predicted octanol–water partition coefficient (Wildman–Crippen LogP) is 2.02. The van der Waals surface area contributed by atoms with E-state index in [4.69, 9.17) is 5.26 Å². The van der Waals surface area contributed by atoms with Crippen molar-refractivity contribution in [1.29, 1.82) is 5.26 Å². The van der Waals surface area contributed by atoms with Crippen LogP contribution in [0.4, 0.5) is 13.2 Å². The van der Waals surface area contributed by atoms with Gasteiger partial charge in [-0.2, -0.15) is 18.4 Å². The first kappa shape index (κ1) is 13.9.